The molecule has 0 aromatic heterocycles. The van der Waals surface area contributed by atoms with E-state index in [9.17, 15) is 9.90 Å². The van der Waals surface area contributed by atoms with Crippen molar-refractivity contribution in [3.63, 3.8) is 0 Å². The van der Waals surface area contributed by atoms with Gasteiger partial charge in [0.15, 0.2) is 0 Å². The molecule has 0 unspecified atom stereocenters. The van der Waals surface area contributed by atoms with Crippen LogP contribution in [0.25, 0.3) is 0 Å². The molecule has 4 nitrogen and oxygen atoms in total. The van der Waals surface area contributed by atoms with E-state index in [1.54, 1.807) is 6.92 Å². The molecule has 2 rings (SSSR count). The van der Waals surface area contributed by atoms with Gasteiger partial charge in [0, 0.05) is 0 Å². The van der Waals surface area contributed by atoms with E-state index in [0.717, 1.165) is 10.9 Å². The van der Waals surface area contributed by atoms with Crippen molar-refractivity contribution < 1.29 is 14.6 Å². The molecule has 0 amide bonds. The third kappa shape index (κ3) is 5.77. The third-order valence-electron chi connectivity index (χ3n) is 3.84. The van der Waals surface area contributed by atoms with Gasteiger partial charge >= 0.3 is 12.8 Å². The Morgan fingerprint density at radius 3 is 1.86 bits per heavy atom. The second kappa shape index (κ2) is 10.0. The van der Waals surface area contributed by atoms with E-state index in [1.165, 1.54) is 6.92 Å². The summed E-state index contributed by atoms with van der Waals surface area (Å²) in [6.07, 6.45) is 0. The number of aliphatic hydroxyl groups excluding tert-OH is 1. The number of rotatable bonds is 6. The lowest BCUT2D eigenvalue weighted by Crippen LogP contribution is -2.43. The van der Waals surface area contributed by atoms with Crippen LogP contribution in [0, 0.1) is 0 Å². The number of hydrogen-bond acceptors (Lipinski definition) is 4. The Morgan fingerprint density at radius 2 is 1.50 bits per heavy atom. The Hall–Kier alpha value is -1.95. The molecule has 0 atom stereocenters. The fourth-order valence-corrected chi connectivity index (χ4v) is 3.07. The van der Waals surface area contributed by atoms with Crippen molar-refractivity contribution >= 4 is 64.3 Å². The number of aliphatic hydroxyl groups is 1. The average Bonchev–Trinajstić information content (AvgIpc) is 2.65. The second-order valence-electron chi connectivity index (χ2n) is 5.88. The quantitative estimate of drug-likeness (QED) is 0.185. The minimum atomic E-state index is -2.06. The molecule has 0 aliphatic rings. The fraction of sp³-hybridized carbons (Fsp3) is 0.200. The van der Waals surface area contributed by atoms with Crippen LogP contribution in [-0.4, -0.2) is 34.0 Å². The van der Waals surface area contributed by atoms with Gasteiger partial charge in [0.25, 0.3) is 0 Å². The summed E-state index contributed by atoms with van der Waals surface area (Å²) >= 11 is 18.4. The highest BCUT2D eigenvalue weighted by atomic mass is 35.6. The van der Waals surface area contributed by atoms with Gasteiger partial charge in [-0.1, -0.05) is 95.5 Å². The van der Waals surface area contributed by atoms with E-state index in [1.807, 2.05) is 60.7 Å². The Balaban J connectivity index is 2.71. The Morgan fingerprint density at radius 1 is 1.04 bits per heavy atom. The van der Waals surface area contributed by atoms with Gasteiger partial charge in [-0.25, -0.2) is 4.79 Å². The number of ether oxygens (including phenoxy) is 1. The standard InChI is InChI=1S/C20H19BCl3NO3/c1-3-28-19(27)17(14(2)26)18(20(22,23)24)25-21(15-10-6-4-7-11-15)16-12-8-5-9-13-16/h4-13,26H,3H2,1-2H3. The highest BCUT2D eigenvalue weighted by Gasteiger charge is 2.37. The molecule has 0 fully saturated rings. The van der Waals surface area contributed by atoms with Crippen LogP contribution in [0.4, 0.5) is 0 Å². The van der Waals surface area contributed by atoms with E-state index >= 15 is 0 Å². The van der Waals surface area contributed by atoms with E-state index in [0.29, 0.717) is 0 Å². The van der Waals surface area contributed by atoms with Gasteiger partial charge in [-0.05, 0) is 24.8 Å². The van der Waals surface area contributed by atoms with Crippen LogP contribution < -0.4 is 10.9 Å². The first-order valence-corrected chi connectivity index (χ1v) is 9.71. The number of carbonyl (C=O) groups excluding carboxylic acids is 1. The lowest BCUT2D eigenvalue weighted by atomic mass is 9.51. The highest BCUT2D eigenvalue weighted by molar-refractivity contribution is 6.87. The van der Waals surface area contributed by atoms with Crippen LogP contribution in [0.15, 0.2) is 76.9 Å². The van der Waals surface area contributed by atoms with Crippen LogP contribution in [0.1, 0.15) is 13.8 Å². The first-order valence-electron chi connectivity index (χ1n) is 8.58. The third-order valence-corrected chi connectivity index (χ3v) is 4.37. The predicted molar refractivity (Wildman–Crippen MR) is 118 cm³/mol. The molecular weight excluding hydrogens is 419 g/mol. The number of halogens is 3. The predicted octanol–water partition coefficient (Wildman–Crippen LogP) is 4.00. The van der Waals surface area contributed by atoms with Gasteiger partial charge in [0.1, 0.15) is 11.3 Å². The lowest BCUT2D eigenvalue weighted by molar-refractivity contribution is -0.138. The Labute approximate surface area is 179 Å². The number of esters is 1. The van der Waals surface area contributed by atoms with Crippen molar-refractivity contribution in [2.24, 2.45) is 4.90 Å². The minimum absolute atomic E-state index is 0.101. The number of carbonyl (C=O) groups is 1. The van der Waals surface area contributed by atoms with Gasteiger partial charge in [-0.3, -0.25) is 0 Å². The molecular formula is C20H19BCl3NO3. The number of hydrogen-bond donors (Lipinski definition) is 1. The lowest BCUT2D eigenvalue weighted by Gasteiger charge is -2.20. The van der Waals surface area contributed by atoms with Crippen LogP contribution in [0.5, 0.6) is 0 Å². The number of benzene rings is 2. The van der Waals surface area contributed by atoms with Crippen molar-refractivity contribution in [1.29, 1.82) is 0 Å². The summed E-state index contributed by atoms with van der Waals surface area (Å²) in [6, 6.07) is 18.8. The molecule has 8 heteroatoms. The second-order valence-corrected chi connectivity index (χ2v) is 8.16. The summed E-state index contributed by atoms with van der Waals surface area (Å²) in [4.78, 5) is 17.0. The molecule has 28 heavy (non-hydrogen) atoms. The molecule has 0 saturated heterocycles. The molecule has 0 radical (unpaired) electrons. The fourth-order valence-electron chi connectivity index (χ4n) is 2.64. The summed E-state index contributed by atoms with van der Waals surface area (Å²) in [6.45, 7) is 2.50. The molecule has 0 aliphatic heterocycles. The molecule has 0 bridgehead atoms. The van der Waals surface area contributed by atoms with Gasteiger partial charge in [0.05, 0.1) is 12.3 Å². The smallest absolute Gasteiger partial charge is 0.344 e. The van der Waals surface area contributed by atoms with Crippen LogP contribution in [-0.2, 0) is 9.53 Å². The minimum Gasteiger partial charge on any atom is -0.512 e. The number of nitrogens with zero attached hydrogens (tertiary/aromatic N) is 1. The summed E-state index contributed by atoms with van der Waals surface area (Å²) in [5.74, 6) is -1.16. The van der Waals surface area contributed by atoms with Crippen LogP contribution >= 0.6 is 34.8 Å². The largest absolute Gasteiger partial charge is 0.512 e. The molecule has 0 aliphatic carbocycles. The molecule has 2 aromatic carbocycles. The van der Waals surface area contributed by atoms with Crippen molar-refractivity contribution in [2.75, 3.05) is 6.61 Å². The Bertz CT molecular complexity index is 822. The summed E-state index contributed by atoms with van der Waals surface area (Å²) in [5.41, 5.74) is 1.21. The zero-order chi connectivity index (χ0) is 20.7. The number of allylic oxidation sites excluding steroid dienone is 1. The first kappa shape index (κ1) is 22.3. The van der Waals surface area contributed by atoms with Crippen LogP contribution in [0.2, 0.25) is 0 Å². The van der Waals surface area contributed by atoms with Gasteiger partial charge in [0.2, 0.25) is 3.79 Å². The van der Waals surface area contributed by atoms with E-state index < -0.39 is 16.6 Å². The van der Waals surface area contributed by atoms with Crippen LogP contribution in [0.3, 0.4) is 0 Å². The monoisotopic (exact) mass is 437 g/mol. The summed E-state index contributed by atoms with van der Waals surface area (Å²) in [5, 5.41) is 10.1. The van der Waals surface area contributed by atoms with Gasteiger partial charge in [-0.2, -0.15) is 0 Å². The van der Waals surface area contributed by atoms with Crippen molar-refractivity contribution in [3.8, 4) is 0 Å². The molecule has 146 valence electrons. The zero-order valence-corrected chi connectivity index (χ0v) is 17.7. The molecule has 2 aromatic rings. The molecule has 0 heterocycles. The van der Waals surface area contributed by atoms with Gasteiger partial charge < -0.3 is 14.7 Å². The highest BCUT2D eigenvalue weighted by Crippen LogP contribution is 2.33. The first-order chi connectivity index (χ1) is 13.3. The average molecular weight is 439 g/mol. The summed E-state index contributed by atoms with van der Waals surface area (Å²) in [7, 11) is 0. The molecule has 0 spiro atoms. The van der Waals surface area contributed by atoms with Gasteiger partial charge in [-0.15, -0.1) is 0 Å². The van der Waals surface area contributed by atoms with Crippen molar-refractivity contribution in [3.05, 3.63) is 72.0 Å². The van der Waals surface area contributed by atoms with E-state index in [4.69, 9.17) is 39.5 Å². The maximum Gasteiger partial charge on any atom is 0.344 e. The normalized spacial score (nSPS) is 13.0. The topological polar surface area (TPSA) is 58.9 Å². The van der Waals surface area contributed by atoms with Crippen molar-refractivity contribution in [2.45, 2.75) is 17.6 Å². The zero-order valence-electron chi connectivity index (χ0n) is 15.4. The SMILES string of the molecule is CCOC(=O)C(C(=NB(c1ccccc1)c1ccccc1)C(Cl)(Cl)Cl)=C(C)O. The van der Waals surface area contributed by atoms with Crippen molar-refractivity contribution in [1.82, 2.24) is 0 Å². The Kier molecular flexibility index (Phi) is 7.99. The maximum absolute atomic E-state index is 12.4. The molecule has 0 saturated carbocycles. The van der Waals surface area contributed by atoms with E-state index in [-0.39, 0.29) is 23.7 Å². The molecule has 1 N–H and O–H groups in total. The number of alkyl halides is 3. The maximum atomic E-state index is 12.4. The van der Waals surface area contributed by atoms with E-state index in [2.05, 4.69) is 4.90 Å². The summed E-state index contributed by atoms with van der Waals surface area (Å²) < 4.78 is 2.96.